The molecule has 2 rings (SSSR count). The fraction of sp³-hybridized carbons (Fsp3) is 0.556. The number of aliphatic hydroxyl groups excluding tert-OH is 2. The number of halogens is 1. The molecular weight excluding hydrogens is 264 g/mol. The van der Waals surface area contributed by atoms with E-state index in [-0.39, 0.29) is 5.69 Å². The quantitative estimate of drug-likeness (QED) is 0.324. The van der Waals surface area contributed by atoms with Gasteiger partial charge in [0.05, 0.1) is 12.5 Å². The highest BCUT2D eigenvalue weighted by Gasteiger charge is 2.45. The molecule has 1 unspecified atom stereocenters. The molecule has 0 aromatic carbocycles. The van der Waals surface area contributed by atoms with Gasteiger partial charge in [-0.05, 0) is 0 Å². The van der Waals surface area contributed by atoms with Gasteiger partial charge in [0, 0.05) is 0 Å². The molecule has 1 aliphatic heterocycles. The van der Waals surface area contributed by atoms with Crippen molar-refractivity contribution in [2.75, 3.05) is 0 Å². The van der Waals surface area contributed by atoms with Crippen LogP contribution in [0.25, 0.3) is 0 Å². The van der Waals surface area contributed by atoms with Gasteiger partial charge in [-0.3, -0.25) is 4.79 Å². The molecule has 9 heteroatoms. The van der Waals surface area contributed by atoms with Crippen molar-refractivity contribution in [2.45, 2.75) is 30.0 Å². The maximum absolute atomic E-state index is 11.7. The number of nitrogens with two attached hydrogens (primary N) is 1. The van der Waals surface area contributed by atoms with Gasteiger partial charge in [0.15, 0.2) is 6.23 Å². The second-order valence-corrected chi connectivity index (χ2v) is 4.39. The molecule has 0 spiro atoms. The van der Waals surface area contributed by atoms with E-state index in [9.17, 15) is 15.0 Å². The molecule has 18 heavy (non-hydrogen) atoms. The van der Waals surface area contributed by atoms with Crippen LogP contribution in [0.4, 0.5) is 0 Å². The molecule has 6 N–H and O–H groups in total. The fourth-order valence-electron chi connectivity index (χ4n) is 1.67. The number of aromatic amines is 1. The van der Waals surface area contributed by atoms with Gasteiger partial charge >= 0.3 is 0 Å². The van der Waals surface area contributed by atoms with Crippen molar-refractivity contribution in [3.05, 3.63) is 18.2 Å². The van der Waals surface area contributed by atoms with Gasteiger partial charge in [-0.1, -0.05) is 0 Å². The van der Waals surface area contributed by atoms with Crippen LogP contribution in [0.2, 0.25) is 0 Å². The Morgan fingerprint density at radius 2 is 2.33 bits per heavy atom. The highest BCUT2D eigenvalue weighted by molar-refractivity contribution is 6.20. The predicted octanol–water partition coefficient (Wildman–Crippen LogP) is -1.89. The summed E-state index contributed by atoms with van der Waals surface area (Å²) < 4.78 is 5.19. The van der Waals surface area contributed by atoms with Crippen LogP contribution in [-0.2, 0) is 4.74 Å². The maximum Gasteiger partial charge on any atom is 0.271 e. The summed E-state index contributed by atoms with van der Waals surface area (Å²) in [6.07, 6.45) is -1.93. The van der Waals surface area contributed by atoms with Crippen molar-refractivity contribution < 1.29 is 19.7 Å². The Balaban J connectivity index is 2.00. The Morgan fingerprint density at radius 1 is 1.61 bits per heavy atom. The standard InChI is InChI=1S/C9H13ClN4O4/c10-7(11)6-4(15)5(16)9(18-6)14-8(17)3-1-12-2-13-3/h1-2,4-7,9,15-16H,11H2,(H,12,13)(H,14,17)/t4-,5+,6-,7?,9+/m0/s1. The number of carbonyl (C=O) groups is 1. The van der Waals surface area contributed by atoms with Gasteiger partial charge < -0.3 is 31.0 Å². The largest absolute Gasteiger partial charge is 0.387 e. The van der Waals surface area contributed by atoms with Gasteiger partial charge in [0.2, 0.25) is 0 Å². The number of nitrogens with zero attached hydrogens (tertiary/aromatic N) is 1. The van der Waals surface area contributed by atoms with Crippen LogP contribution in [0.5, 0.6) is 0 Å². The number of aliphatic hydroxyl groups is 2. The smallest absolute Gasteiger partial charge is 0.271 e. The van der Waals surface area contributed by atoms with E-state index in [2.05, 4.69) is 15.3 Å². The molecule has 1 aromatic heterocycles. The van der Waals surface area contributed by atoms with Crippen molar-refractivity contribution in [1.82, 2.24) is 15.3 Å². The van der Waals surface area contributed by atoms with E-state index in [1.165, 1.54) is 12.5 Å². The predicted molar refractivity (Wildman–Crippen MR) is 60.6 cm³/mol. The minimum absolute atomic E-state index is 0.207. The third kappa shape index (κ3) is 2.47. The first-order valence-corrected chi connectivity index (χ1v) is 5.65. The fourth-order valence-corrected chi connectivity index (χ4v) is 1.88. The van der Waals surface area contributed by atoms with E-state index in [4.69, 9.17) is 22.1 Å². The first-order chi connectivity index (χ1) is 8.50. The maximum atomic E-state index is 11.7. The average Bonchev–Trinajstić information content (AvgIpc) is 2.92. The Morgan fingerprint density at radius 3 is 2.83 bits per heavy atom. The number of ether oxygens (including phenoxy) is 1. The highest BCUT2D eigenvalue weighted by Crippen LogP contribution is 2.23. The summed E-state index contributed by atoms with van der Waals surface area (Å²) in [5.74, 6) is -0.521. The first-order valence-electron chi connectivity index (χ1n) is 5.21. The van der Waals surface area contributed by atoms with Crippen LogP contribution >= 0.6 is 11.6 Å². The zero-order chi connectivity index (χ0) is 13.3. The lowest BCUT2D eigenvalue weighted by Gasteiger charge is -2.16. The van der Waals surface area contributed by atoms with Gasteiger partial charge in [0.25, 0.3) is 5.91 Å². The SMILES string of the molecule is NC(Cl)[C@H]1O[C@@H](NC(=O)c2cnc[nH]2)[C@H](O)[C@@H]1O. The summed E-state index contributed by atoms with van der Waals surface area (Å²) in [7, 11) is 0. The number of aromatic nitrogens is 2. The minimum atomic E-state index is -1.30. The number of nitrogens with one attached hydrogen (secondary N) is 2. The summed E-state index contributed by atoms with van der Waals surface area (Å²) in [4.78, 5) is 18.0. The normalized spacial score (nSPS) is 33.3. The summed E-state index contributed by atoms with van der Waals surface area (Å²) in [6, 6.07) is 0. The van der Waals surface area contributed by atoms with Gasteiger partial charge in [-0.25, -0.2) is 4.98 Å². The molecular formula is C9H13ClN4O4. The first kappa shape index (κ1) is 13.2. The van der Waals surface area contributed by atoms with Crippen LogP contribution in [0, 0.1) is 0 Å². The number of carbonyl (C=O) groups excluding carboxylic acids is 1. The number of imidazole rings is 1. The van der Waals surface area contributed by atoms with Crippen LogP contribution in [0.3, 0.4) is 0 Å². The number of hydrogen-bond acceptors (Lipinski definition) is 6. The summed E-state index contributed by atoms with van der Waals surface area (Å²) in [5, 5.41) is 21.7. The Bertz CT molecular complexity index is 413. The second kappa shape index (κ2) is 5.21. The highest BCUT2D eigenvalue weighted by atomic mass is 35.5. The number of rotatable bonds is 3. The van der Waals surface area contributed by atoms with Crippen molar-refractivity contribution in [1.29, 1.82) is 0 Å². The summed E-state index contributed by atoms with van der Waals surface area (Å²) >= 11 is 5.60. The third-order valence-corrected chi connectivity index (χ3v) is 2.88. The van der Waals surface area contributed by atoms with E-state index < -0.39 is 35.9 Å². The minimum Gasteiger partial charge on any atom is -0.387 e. The molecule has 1 amide bonds. The summed E-state index contributed by atoms with van der Waals surface area (Å²) in [5.41, 5.74) is 4.60. The zero-order valence-electron chi connectivity index (χ0n) is 9.15. The van der Waals surface area contributed by atoms with Crippen LogP contribution < -0.4 is 11.1 Å². The molecule has 1 aliphatic rings. The third-order valence-electron chi connectivity index (χ3n) is 2.63. The van der Waals surface area contributed by atoms with Crippen LogP contribution in [0.1, 0.15) is 10.5 Å². The van der Waals surface area contributed by atoms with Crippen molar-refractivity contribution >= 4 is 17.5 Å². The van der Waals surface area contributed by atoms with Gasteiger partial charge in [-0.15, -0.1) is 11.6 Å². The molecule has 2 heterocycles. The Hall–Kier alpha value is -1.19. The van der Waals surface area contributed by atoms with Gasteiger partial charge in [-0.2, -0.15) is 0 Å². The monoisotopic (exact) mass is 276 g/mol. The molecule has 1 saturated heterocycles. The molecule has 0 radical (unpaired) electrons. The zero-order valence-corrected chi connectivity index (χ0v) is 9.91. The van der Waals surface area contributed by atoms with Crippen molar-refractivity contribution in [3.8, 4) is 0 Å². The molecule has 100 valence electrons. The molecule has 8 nitrogen and oxygen atoms in total. The van der Waals surface area contributed by atoms with E-state index in [1.54, 1.807) is 0 Å². The van der Waals surface area contributed by atoms with Crippen molar-refractivity contribution in [3.63, 3.8) is 0 Å². The topological polar surface area (TPSA) is 133 Å². The molecule has 1 fully saturated rings. The van der Waals surface area contributed by atoms with E-state index in [0.717, 1.165) is 0 Å². The second-order valence-electron chi connectivity index (χ2n) is 3.89. The number of amides is 1. The van der Waals surface area contributed by atoms with E-state index in [0.29, 0.717) is 0 Å². The van der Waals surface area contributed by atoms with E-state index in [1.807, 2.05) is 0 Å². The lowest BCUT2D eigenvalue weighted by molar-refractivity contribution is -0.00889. The Labute approximate surface area is 107 Å². The number of hydrogen-bond donors (Lipinski definition) is 5. The Kier molecular flexibility index (Phi) is 3.83. The average molecular weight is 277 g/mol. The number of alkyl halides is 1. The van der Waals surface area contributed by atoms with Gasteiger partial charge in [0.1, 0.15) is 29.5 Å². The number of H-pyrrole nitrogens is 1. The molecule has 0 saturated carbocycles. The lowest BCUT2D eigenvalue weighted by atomic mass is 10.1. The van der Waals surface area contributed by atoms with E-state index >= 15 is 0 Å². The van der Waals surface area contributed by atoms with Crippen LogP contribution in [-0.4, -0.2) is 56.1 Å². The molecule has 1 aromatic rings. The molecule has 0 bridgehead atoms. The summed E-state index contributed by atoms with van der Waals surface area (Å²) in [6.45, 7) is 0. The molecule has 5 atom stereocenters. The molecule has 0 aliphatic carbocycles. The van der Waals surface area contributed by atoms with Crippen LogP contribution in [0.15, 0.2) is 12.5 Å². The van der Waals surface area contributed by atoms with Crippen molar-refractivity contribution in [2.24, 2.45) is 5.73 Å². The lowest BCUT2D eigenvalue weighted by Crippen LogP contribution is -2.44.